The van der Waals surface area contributed by atoms with E-state index in [9.17, 15) is 9.59 Å². The molecule has 2 aromatic carbocycles. The Balaban J connectivity index is 1.49. The standard InChI is InChI=1S/C21H25ClN4O2/c1-15-20(27)26(12-11-25(15)2)14-17-5-9-19(10-6-17)24-21(28)23-13-16-3-7-18(22)8-4-16/h3-10,15H,11-14H2,1-2H3,(H2,23,24,28). The summed E-state index contributed by atoms with van der Waals surface area (Å²) < 4.78 is 0. The lowest BCUT2D eigenvalue weighted by Gasteiger charge is -2.37. The Morgan fingerprint density at radius 2 is 1.71 bits per heavy atom. The molecule has 1 unspecified atom stereocenters. The fourth-order valence-electron chi connectivity index (χ4n) is 3.07. The van der Waals surface area contributed by atoms with E-state index in [1.165, 1.54) is 0 Å². The van der Waals surface area contributed by atoms with Gasteiger partial charge < -0.3 is 15.5 Å². The molecule has 0 bridgehead atoms. The van der Waals surface area contributed by atoms with Gasteiger partial charge in [-0.2, -0.15) is 0 Å². The van der Waals surface area contributed by atoms with Crippen molar-refractivity contribution in [1.29, 1.82) is 0 Å². The van der Waals surface area contributed by atoms with E-state index in [0.717, 1.165) is 24.2 Å². The number of piperazine rings is 1. The average Bonchev–Trinajstić information content (AvgIpc) is 2.69. The van der Waals surface area contributed by atoms with Crippen LogP contribution in [-0.2, 0) is 17.9 Å². The Morgan fingerprint density at radius 1 is 1.07 bits per heavy atom. The van der Waals surface area contributed by atoms with E-state index in [0.29, 0.717) is 23.8 Å². The van der Waals surface area contributed by atoms with Crippen molar-refractivity contribution in [1.82, 2.24) is 15.1 Å². The molecule has 3 rings (SSSR count). The number of amides is 3. The van der Waals surface area contributed by atoms with Crippen LogP contribution < -0.4 is 10.6 Å². The maximum atomic E-state index is 12.4. The number of nitrogens with zero attached hydrogens (tertiary/aromatic N) is 2. The molecule has 7 heteroatoms. The summed E-state index contributed by atoms with van der Waals surface area (Å²) in [5, 5.41) is 6.29. The van der Waals surface area contributed by atoms with Gasteiger partial charge in [-0.05, 0) is 49.4 Å². The van der Waals surface area contributed by atoms with Crippen molar-refractivity contribution in [2.24, 2.45) is 0 Å². The molecule has 2 aromatic rings. The van der Waals surface area contributed by atoms with Gasteiger partial charge in [0.15, 0.2) is 0 Å². The SMILES string of the molecule is CC1C(=O)N(Cc2ccc(NC(=O)NCc3ccc(Cl)cc3)cc2)CCN1C. The lowest BCUT2D eigenvalue weighted by atomic mass is 10.1. The fourth-order valence-corrected chi connectivity index (χ4v) is 3.19. The van der Waals surface area contributed by atoms with Gasteiger partial charge in [-0.25, -0.2) is 4.79 Å². The third-order valence-electron chi connectivity index (χ3n) is 5.00. The molecule has 0 aliphatic carbocycles. The number of anilines is 1. The predicted octanol–water partition coefficient (Wildman–Crippen LogP) is 3.32. The number of likely N-dealkylation sites (N-methyl/N-ethyl adjacent to an activating group) is 1. The van der Waals surface area contributed by atoms with Crippen molar-refractivity contribution < 1.29 is 9.59 Å². The highest BCUT2D eigenvalue weighted by molar-refractivity contribution is 6.30. The van der Waals surface area contributed by atoms with Crippen molar-refractivity contribution in [3.05, 3.63) is 64.7 Å². The molecule has 1 aliphatic heterocycles. The summed E-state index contributed by atoms with van der Waals surface area (Å²) in [4.78, 5) is 28.4. The molecule has 0 radical (unpaired) electrons. The molecule has 0 spiro atoms. The Labute approximate surface area is 170 Å². The van der Waals surface area contributed by atoms with Crippen LogP contribution in [0.2, 0.25) is 5.02 Å². The van der Waals surface area contributed by atoms with Crippen molar-refractivity contribution in [3.63, 3.8) is 0 Å². The fraction of sp³-hybridized carbons (Fsp3) is 0.333. The Morgan fingerprint density at radius 3 is 2.39 bits per heavy atom. The van der Waals surface area contributed by atoms with E-state index >= 15 is 0 Å². The lowest BCUT2D eigenvalue weighted by Crippen LogP contribution is -2.53. The molecule has 1 atom stereocenters. The monoisotopic (exact) mass is 400 g/mol. The minimum Gasteiger partial charge on any atom is -0.336 e. The highest BCUT2D eigenvalue weighted by Gasteiger charge is 2.28. The number of carbonyl (C=O) groups is 2. The molecule has 0 saturated carbocycles. The predicted molar refractivity (Wildman–Crippen MR) is 111 cm³/mol. The van der Waals surface area contributed by atoms with E-state index in [-0.39, 0.29) is 18.0 Å². The molecule has 3 amide bonds. The van der Waals surface area contributed by atoms with Gasteiger partial charge in [-0.1, -0.05) is 35.9 Å². The van der Waals surface area contributed by atoms with Crippen LogP contribution in [0.15, 0.2) is 48.5 Å². The second kappa shape index (κ2) is 9.08. The summed E-state index contributed by atoms with van der Waals surface area (Å²) in [6, 6.07) is 14.5. The van der Waals surface area contributed by atoms with E-state index < -0.39 is 0 Å². The number of rotatable bonds is 5. The first-order valence-corrected chi connectivity index (χ1v) is 9.67. The molecule has 1 heterocycles. The maximum absolute atomic E-state index is 12.4. The van der Waals surface area contributed by atoms with Crippen LogP contribution in [0.4, 0.5) is 10.5 Å². The Hall–Kier alpha value is -2.57. The number of carbonyl (C=O) groups excluding carboxylic acids is 2. The molecule has 28 heavy (non-hydrogen) atoms. The number of nitrogens with one attached hydrogen (secondary N) is 2. The van der Waals surface area contributed by atoms with E-state index in [2.05, 4.69) is 15.5 Å². The highest BCUT2D eigenvalue weighted by Crippen LogP contribution is 2.15. The van der Waals surface area contributed by atoms with Crippen LogP contribution in [0.25, 0.3) is 0 Å². The molecule has 6 nitrogen and oxygen atoms in total. The Bertz CT molecular complexity index is 823. The maximum Gasteiger partial charge on any atom is 0.319 e. The van der Waals surface area contributed by atoms with Gasteiger partial charge in [0.05, 0.1) is 6.04 Å². The van der Waals surface area contributed by atoms with Crippen LogP contribution >= 0.6 is 11.6 Å². The number of hydrogen-bond acceptors (Lipinski definition) is 3. The highest BCUT2D eigenvalue weighted by atomic mass is 35.5. The van der Waals surface area contributed by atoms with Gasteiger partial charge in [0.25, 0.3) is 0 Å². The zero-order valence-electron chi connectivity index (χ0n) is 16.1. The molecule has 1 fully saturated rings. The van der Waals surface area contributed by atoms with Crippen molar-refractivity contribution in [2.45, 2.75) is 26.1 Å². The van der Waals surface area contributed by atoms with Gasteiger partial charge in [-0.15, -0.1) is 0 Å². The van der Waals surface area contributed by atoms with Crippen LogP contribution in [0.3, 0.4) is 0 Å². The molecule has 148 valence electrons. The van der Waals surface area contributed by atoms with Crippen molar-refractivity contribution in [3.8, 4) is 0 Å². The number of benzene rings is 2. The first kappa shape index (κ1) is 20.2. The molecule has 0 aromatic heterocycles. The largest absolute Gasteiger partial charge is 0.336 e. The van der Waals surface area contributed by atoms with E-state index in [1.807, 2.05) is 55.3 Å². The van der Waals surface area contributed by atoms with Gasteiger partial charge in [0, 0.05) is 36.9 Å². The Kier molecular flexibility index (Phi) is 6.54. The zero-order valence-corrected chi connectivity index (χ0v) is 16.9. The van der Waals surface area contributed by atoms with Gasteiger partial charge in [0.2, 0.25) is 5.91 Å². The molecule has 2 N–H and O–H groups in total. The first-order valence-electron chi connectivity index (χ1n) is 9.29. The van der Waals surface area contributed by atoms with E-state index in [1.54, 1.807) is 12.1 Å². The minimum absolute atomic E-state index is 0.0842. The summed E-state index contributed by atoms with van der Waals surface area (Å²) in [7, 11) is 1.97. The number of halogens is 1. The summed E-state index contributed by atoms with van der Waals surface area (Å²) in [5.74, 6) is 0.150. The van der Waals surface area contributed by atoms with Gasteiger partial charge >= 0.3 is 6.03 Å². The average molecular weight is 401 g/mol. The molecule has 1 aliphatic rings. The lowest BCUT2D eigenvalue weighted by molar-refractivity contribution is -0.140. The molecular weight excluding hydrogens is 376 g/mol. The topological polar surface area (TPSA) is 64.7 Å². The third kappa shape index (κ3) is 5.24. The minimum atomic E-state index is -0.272. The normalized spacial score (nSPS) is 17.5. The summed E-state index contributed by atoms with van der Waals surface area (Å²) in [5.41, 5.74) is 2.72. The second-order valence-electron chi connectivity index (χ2n) is 7.05. The zero-order chi connectivity index (χ0) is 20.1. The van der Waals surface area contributed by atoms with E-state index in [4.69, 9.17) is 11.6 Å². The molecule has 1 saturated heterocycles. The van der Waals surface area contributed by atoms with Crippen LogP contribution in [0.1, 0.15) is 18.1 Å². The summed E-state index contributed by atoms with van der Waals surface area (Å²) >= 11 is 5.85. The number of urea groups is 1. The van der Waals surface area contributed by atoms with Crippen LogP contribution in [-0.4, -0.2) is 47.9 Å². The van der Waals surface area contributed by atoms with Crippen LogP contribution in [0.5, 0.6) is 0 Å². The van der Waals surface area contributed by atoms with Crippen molar-refractivity contribution in [2.75, 3.05) is 25.5 Å². The quantitative estimate of drug-likeness (QED) is 0.809. The second-order valence-corrected chi connectivity index (χ2v) is 7.48. The van der Waals surface area contributed by atoms with Crippen molar-refractivity contribution >= 4 is 29.2 Å². The smallest absolute Gasteiger partial charge is 0.319 e. The first-order chi connectivity index (χ1) is 13.4. The summed E-state index contributed by atoms with van der Waals surface area (Å²) in [6.07, 6.45) is 0. The van der Waals surface area contributed by atoms with Gasteiger partial charge in [-0.3, -0.25) is 9.69 Å². The van der Waals surface area contributed by atoms with Crippen LogP contribution in [0, 0.1) is 0 Å². The number of hydrogen-bond donors (Lipinski definition) is 2. The molecular formula is C21H25ClN4O2. The van der Waals surface area contributed by atoms with Gasteiger partial charge in [0.1, 0.15) is 0 Å². The third-order valence-corrected chi connectivity index (χ3v) is 5.26. The summed E-state index contributed by atoms with van der Waals surface area (Å²) in [6.45, 7) is 4.54.